The van der Waals surface area contributed by atoms with Crippen LogP contribution >= 0.6 is 0 Å². The van der Waals surface area contributed by atoms with Crippen molar-refractivity contribution >= 4 is 12.4 Å². The summed E-state index contributed by atoms with van der Waals surface area (Å²) in [4.78, 5) is 9.91. The summed E-state index contributed by atoms with van der Waals surface area (Å²) in [6, 6.07) is 29.8. The predicted molar refractivity (Wildman–Crippen MR) is 225 cm³/mol. The lowest BCUT2D eigenvalue weighted by molar-refractivity contribution is 0.390. The molecule has 0 aliphatic heterocycles. The lowest BCUT2D eigenvalue weighted by Crippen LogP contribution is -2.27. The number of para-hydroxylation sites is 1. The summed E-state index contributed by atoms with van der Waals surface area (Å²) in [5.74, 6) is 0.489. The second-order valence-electron chi connectivity index (χ2n) is 15.7. The fraction of sp³-hybridized carbons (Fsp3) is 0.469. The highest BCUT2D eigenvalue weighted by Gasteiger charge is 2.42. The Bertz CT molecular complexity index is 1810. The maximum Gasteiger partial charge on any atom is 0.124 e. The van der Waals surface area contributed by atoms with E-state index in [-0.39, 0.29) is 29.0 Å². The van der Waals surface area contributed by atoms with Gasteiger partial charge in [-0.25, -0.2) is 0 Å². The Kier molecular flexibility index (Phi) is 14.0. The van der Waals surface area contributed by atoms with Crippen LogP contribution in [0.25, 0.3) is 22.3 Å². The van der Waals surface area contributed by atoms with E-state index in [1.807, 2.05) is 30.5 Å². The number of phenols is 2. The molecule has 0 saturated heterocycles. The molecule has 4 heteroatoms. The second-order valence-corrected chi connectivity index (χ2v) is 15.7. The highest BCUT2D eigenvalue weighted by molar-refractivity contribution is 5.88. The van der Waals surface area contributed by atoms with E-state index < -0.39 is 0 Å². The smallest absolute Gasteiger partial charge is 0.124 e. The molecule has 4 aromatic carbocycles. The Hall–Kier alpha value is -4.18. The van der Waals surface area contributed by atoms with E-state index in [0.717, 1.165) is 42.4 Å². The first-order valence-electron chi connectivity index (χ1n) is 21.0. The minimum atomic E-state index is 0.0334. The van der Waals surface area contributed by atoms with Crippen LogP contribution in [0.5, 0.6) is 11.5 Å². The monoisotopic (exact) mass is 710 g/mol. The first-order chi connectivity index (χ1) is 26.0. The van der Waals surface area contributed by atoms with Gasteiger partial charge < -0.3 is 10.2 Å². The molecule has 0 unspecified atom stereocenters. The molecule has 0 radical (unpaired) electrons. The molecule has 1 fully saturated rings. The largest absolute Gasteiger partial charge is 0.507 e. The average Bonchev–Trinajstić information content (AvgIpc) is 3.46. The fourth-order valence-corrected chi connectivity index (χ4v) is 8.94. The van der Waals surface area contributed by atoms with Crippen molar-refractivity contribution in [3.8, 4) is 33.8 Å². The van der Waals surface area contributed by atoms with Gasteiger partial charge in [0.05, 0.1) is 12.1 Å². The van der Waals surface area contributed by atoms with Crippen LogP contribution in [0.1, 0.15) is 152 Å². The number of aliphatic imine (C=N–C) groups is 2. The topological polar surface area (TPSA) is 65.2 Å². The van der Waals surface area contributed by atoms with Gasteiger partial charge in [0, 0.05) is 29.0 Å². The van der Waals surface area contributed by atoms with Gasteiger partial charge in [0.25, 0.3) is 0 Å². The molecule has 4 nitrogen and oxygen atoms in total. The van der Waals surface area contributed by atoms with Crippen LogP contribution < -0.4 is 0 Å². The summed E-state index contributed by atoms with van der Waals surface area (Å²) in [5, 5.41) is 21.3. The van der Waals surface area contributed by atoms with Gasteiger partial charge in [-0.2, -0.15) is 0 Å². The zero-order valence-corrected chi connectivity index (χ0v) is 32.4. The van der Waals surface area contributed by atoms with Crippen LogP contribution in [0.4, 0.5) is 0 Å². The molecule has 280 valence electrons. The average molecular weight is 711 g/mol. The molecule has 1 saturated carbocycles. The quantitative estimate of drug-likeness (QED) is 0.0751. The van der Waals surface area contributed by atoms with E-state index >= 15 is 0 Å². The van der Waals surface area contributed by atoms with Gasteiger partial charge >= 0.3 is 0 Å². The molecule has 53 heavy (non-hydrogen) atoms. The molecule has 0 amide bonds. The zero-order chi connectivity index (χ0) is 36.9. The third-order valence-electron chi connectivity index (χ3n) is 12.0. The van der Waals surface area contributed by atoms with Crippen LogP contribution in [0.15, 0.2) is 94.9 Å². The normalized spacial score (nSPS) is 17.8. The molecule has 2 aliphatic carbocycles. The lowest BCUT2D eigenvalue weighted by atomic mass is 9.70. The summed E-state index contributed by atoms with van der Waals surface area (Å²) in [6.07, 6.45) is 25.9. The van der Waals surface area contributed by atoms with E-state index in [2.05, 4.69) is 68.4 Å². The van der Waals surface area contributed by atoms with E-state index in [1.165, 1.54) is 118 Å². The number of hydrogen-bond acceptors (Lipinski definition) is 4. The highest BCUT2D eigenvalue weighted by Crippen LogP contribution is 2.55. The van der Waals surface area contributed by atoms with Crippen molar-refractivity contribution in [3.05, 3.63) is 107 Å². The Morgan fingerprint density at radius 3 is 1.75 bits per heavy atom. The minimum absolute atomic E-state index is 0.0334. The number of rotatable bonds is 19. The first-order valence-corrected chi connectivity index (χ1v) is 21.0. The van der Waals surface area contributed by atoms with Crippen molar-refractivity contribution in [3.63, 3.8) is 0 Å². The fourth-order valence-electron chi connectivity index (χ4n) is 8.94. The number of unbranched alkanes of at least 4 members (excludes halogenated alkanes) is 10. The van der Waals surface area contributed by atoms with Gasteiger partial charge in [0.2, 0.25) is 0 Å². The van der Waals surface area contributed by atoms with E-state index in [9.17, 15) is 10.2 Å². The van der Waals surface area contributed by atoms with Crippen LogP contribution in [-0.4, -0.2) is 34.7 Å². The van der Waals surface area contributed by atoms with Crippen LogP contribution in [-0.2, 0) is 5.41 Å². The van der Waals surface area contributed by atoms with E-state index in [1.54, 1.807) is 12.3 Å². The molecular formula is C49H62N2O2. The van der Waals surface area contributed by atoms with Gasteiger partial charge in [-0.1, -0.05) is 158 Å². The maximum absolute atomic E-state index is 11.0. The summed E-state index contributed by atoms with van der Waals surface area (Å²) < 4.78 is 0. The molecule has 0 spiro atoms. The van der Waals surface area contributed by atoms with Gasteiger partial charge in [-0.15, -0.1) is 0 Å². The van der Waals surface area contributed by atoms with Gasteiger partial charge in [-0.05, 0) is 89.4 Å². The van der Waals surface area contributed by atoms with Crippen LogP contribution in [0.3, 0.4) is 0 Å². The van der Waals surface area contributed by atoms with Crippen molar-refractivity contribution < 1.29 is 10.2 Å². The van der Waals surface area contributed by atoms with Gasteiger partial charge in [0.15, 0.2) is 0 Å². The maximum atomic E-state index is 11.0. The molecule has 0 heterocycles. The minimum Gasteiger partial charge on any atom is -0.507 e. The number of hydrogen-bond donors (Lipinski definition) is 2. The number of aromatic hydroxyl groups is 2. The third kappa shape index (κ3) is 9.50. The number of fused-ring (bicyclic) bond motifs is 3. The molecule has 0 aromatic heterocycles. The van der Waals surface area contributed by atoms with Crippen molar-refractivity contribution in [1.82, 2.24) is 0 Å². The van der Waals surface area contributed by atoms with Crippen LogP contribution in [0, 0.1) is 0 Å². The molecule has 2 N–H and O–H groups in total. The second kappa shape index (κ2) is 19.2. The van der Waals surface area contributed by atoms with Gasteiger partial charge in [-0.3, -0.25) is 9.98 Å². The van der Waals surface area contributed by atoms with Crippen molar-refractivity contribution in [2.75, 3.05) is 0 Å². The summed E-state index contributed by atoms with van der Waals surface area (Å²) in [6.45, 7) is 4.60. The highest BCUT2D eigenvalue weighted by atomic mass is 16.3. The molecule has 0 bridgehead atoms. The Balaban J connectivity index is 1.27. The first kappa shape index (κ1) is 38.5. The van der Waals surface area contributed by atoms with Crippen molar-refractivity contribution in [1.29, 1.82) is 0 Å². The molecule has 6 rings (SSSR count). The summed E-state index contributed by atoms with van der Waals surface area (Å²) >= 11 is 0. The van der Waals surface area contributed by atoms with E-state index in [4.69, 9.17) is 9.98 Å². The molecule has 4 aromatic rings. The molecule has 2 atom stereocenters. The SMILES string of the molecule is CCCCCCCCC1(CCCCCCCC)c2ccccc2-c2ccc(-c3ccc(O)c(C=N[C@@H]4CCCC[C@H]4N=Cc4ccccc4O)c3)cc21. The van der Waals surface area contributed by atoms with Crippen LogP contribution in [0.2, 0.25) is 0 Å². The molecular weight excluding hydrogens is 649 g/mol. The Labute approximate surface area is 319 Å². The van der Waals surface area contributed by atoms with Crippen molar-refractivity contribution in [2.45, 2.75) is 147 Å². The van der Waals surface area contributed by atoms with E-state index in [0.29, 0.717) is 0 Å². The number of benzene rings is 4. The zero-order valence-electron chi connectivity index (χ0n) is 32.4. The number of phenolic OH excluding ortho intramolecular Hbond substituents is 2. The Morgan fingerprint density at radius 2 is 1.08 bits per heavy atom. The summed E-state index contributed by atoms with van der Waals surface area (Å²) in [5.41, 5.74) is 9.64. The standard InChI is InChI=1S/C49H62N2O2/c1-3-5-7-9-11-19-31-49(32-20-12-10-8-6-4-2)43-23-15-14-22-41(43)42-29-27-38(34-44(42)49)37-28-30-48(53)40(33-37)36-51-46-25-17-16-24-45(46)50-35-39-21-13-18-26-47(39)52/h13-15,18,21-23,26-30,33-36,45-46,52-53H,3-12,16-17,19-20,24-25,31-32H2,1-2H3/t45-,46-/m1/s1. The molecule has 2 aliphatic rings. The number of nitrogens with zero attached hydrogens (tertiary/aromatic N) is 2. The lowest BCUT2D eigenvalue weighted by Gasteiger charge is -2.33. The van der Waals surface area contributed by atoms with Crippen molar-refractivity contribution in [2.24, 2.45) is 9.98 Å². The Morgan fingerprint density at radius 1 is 0.547 bits per heavy atom. The summed E-state index contributed by atoms with van der Waals surface area (Å²) in [7, 11) is 0. The predicted octanol–water partition coefficient (Wildman–Crippen LogP) is 13.4. The van der Waals surface area contributed by atoms with Gasteiger partial charge in [0.1, 0.15) is 11.5 Å². The third-order valence-corrected chi connectivity index (χ3v) is 12.0.